The van der Waals surface area contributed by atoms with Crippen molar-refractivity contribution in [2.24, 2.45) is 0 Å². The fraction of sp³-hybridized carbons (Fsp3) is 0.158. The van der Waals surface area contributed by atoms with Crippen LogP contribution in [0.3, 0.4) is 0 Å². The maximum atomic E-state index is 5.64. The molecule has 0 saturated carbocycles. The van der Waals surface area contributed by atoms with Gasteiger partial charge in [0.25, 0.3) is 0 Å². The molecule has 0 radical (unpaired) electrons. The van der Waals surface area contributed by atoms with Crippen LogP contribution >= 0.6 is 0 Å². The van der Waals surface area contributed by atoms with E-state index in [9.17, 15) is 0 Å². The molecule has 0 aliphatic rings. The molecular formula is C19H20O2. The molecule has 0 bridgehead atoms. The van der Waals surface area contributed by atoms with Gasteiger partial charge >= 0.3 is 0 Å². The van der Waals surface area contributed by atoms with Crippen molar-refractivity contribution in [3.8, 4) is 22.6 Å². The summed E-state index contributed by atoms with van der Waals surface area (Å²) in [5.74, 6) is 1.74. The number of hydrogen-bond acceptors (Lipinski definition) is 2. The highest BCUT2D eigenvalue weighted by atomic mass is 16.5. The lowest BCUT2D eigenvalue weighted by Crippen LogP contribution is -1.92. The molecule has 0 fully saturated rings. The van der Waals surface area contributed by atoms with Crippen molar-refractivity contribution in [2.75, 3.05) is 13.7 Å². The average Bonchev–Trinajstić information content (AvgIpc) is 2.55. The fourth-order valence-corrected chi connectivity index (χ4v) is 1.92. The van der Waals surface area contributed by atoms with Gasteiger partial charge in [0, 0.05) is 0 Å². The molecule has 21 heavy (non-hydrogen) atoms. The number of benzene rings is 2. The first-order valence-corrected chi connectivity index (χ1v) is 6.98. The first kappa shape index (κ1) is 14.9. The Morgan fingerprint density at radius 3 is 1.90 bits per heavy atom. The largest absolute Gasteiger partial charge is 0.497 e. The minimum atomic E-state index is 0.576. The Hall–Kier alpha value is -2.48. The molecule has 0 N–H and O–H groups in total. The molecular weight excluding hydrogens is 260 g/mol. The molecule has 0 unspecified atom stereocenters. The highest BCUT2D eigenvalue weighted by Crippen LogP contribution is 2.24. The molecule has 2 aromatic carbocycles. The van der Waals surface area contributed by atoms with Crippen LogP contribution in [-0.4, -0.2) is 13.7 Å². The van der Waals surface area contributed by atoms with Crippen molar-refractivity contribution in [1.82, 2.24) is 0 Å². The first-order chi connectivity index (χ1) is 10.3. The molecule has 2 aromatic rings. The molecule has 0 atom stereocenters. The summed E-state index contributed by atoms with van der Waals surface area (Å²) in [6, 6.07) is 16.1. The van der Waals surface area contributed by atoms with E-state index >= 15 is 0 Å². The Bertz CT molecular complexity index is 592. The number of hydrogen-bond donors (Lipinski definition) is 0. The highest BCUT2D eigenvalue weighted by Gasteiger charge is 1.99. The van der Waals surface area contributed by atoms with Gasteiger partial charge in [0.2, 0.25) is 0 Å². The van der Waals surface area contributed by atoms with Gasteiger partial charge in [-0.2, -0.15) is 0 Å². The van der Waals surface area contributed by atoms with Crippen molar-refractivity contribution in [3.05, 3.63) is 72.8 Å². The van der Waals surface area contributed by atoms with E-state index in [1.54, 1.807) is 7.11 Å². The average molecular weight is 280 g/mol. The van der Waals surface area contributed by atoms with E-state index < -0.39 is 0 Å². The molecule has 0 aromatic heterocycles. The zero-order valence-electron chi connectivity index (χ0n) is 12.5. The van der Waals surface area contributed by atoms with Gasteiger partial charge in [0.15, 0.2) is 0 Å². The highest BCUT2D eigenvalue weighted by molar-refractivity contribution is 5.64. The number of methoxy groups -OCH3 is 1. The van der Waals surface area contributed by atoms with E-state index in [0.29, 0.717) is 6.61 Å². The summed E-state index contributed by atoms with van der Waals surface area (Å²) < 4.78 is 10.8. The minimum Gasteiger partial charge on any atom is -0.497 e. The fourth-order valence-electron chi connectivity index (χ4n) is 1.92. The van der Waals surface area contributed by atoms with Gasteiger partial charge in [-0.3, -0.25) is 0 Å². The molecule has 2 rings (SSSR count). The van der Waals surface area contributed by atoms with Gasteiger partial charge in [0.05, 0.1) is 7.11 Å². The van der Waals surface area contributed by atoms with E-state index in [0.717, 1.165) is 22.6 Å². The van der Waals surface area contributed by atoms with Gasteiger partial charge in [-0.25, -0.2) is 0 Å². The summed E-state index contributed by atoms with van der Waals surface area (Å²) in [7, 11) is 1.67. The minimum absolute atomic E-state index is 0.576. The van der Waals surface area contributed by atoms with Gasteiger partial charge in [-0.05, 0) is 48.4 Å². The molecule has 0 amide bonds. The predicted octanol–water partition coefficient (Wildman–Crippen LogP) is 4.87. The molecule has 2 nitrogen and oxygen atoms in total. The van der Waals surface area contributed by atoms with E-state index in [4.69, 9.17) is 9.47 Å². The molecule has 0 aliphatic heterocycles. The van der Waals surface area contributed by atoms with Crippen molar-refractivity contribution in [2.45, 2.75) is 6.92 Å². The zero-order chi connectivity index (χ0) is 14.9. The van der Waals surface area contributed by atoms with Crippen LogP contribution in [0.2, 0.25) is 0 Å². The summed E-state index contributed by atoms with van der Waals surface area (Å²) >= 11 is 0. The van der Waals surface area contributed by atoms with Crippen LogP contribution in [0.15, 0.2) is 72.8 Å². The smallest absolute Gasteiger partial charge is 0.119 e. The third kappa shape index (κ3) is 4.53. The quantitative estimate of drug-likeness (QED) is 0.703. The van der Waals surface area contributed by atoms with E-state index in [1.165, 1.54) is 0 Å². The second-order valence-electron chi connectivity index (χ2n) is 4.52. The molecule has 0 aliphatic carbocycles. The summed E-state index contributed by atoms with van der Waals surface area (Å²) in [6.07, 6.45) is 7.93. The molecule has 0 heterocycles. The third-order valence-electron chi connectivity index (χ3n) is 3.06. The third-order valence-corrected chi connectivity index (χ3v) is 3.06. The maximum absolute atomic E-state index is 5.64. The van der Waals surface area contributed by atoms with Gasteiger partial charge in [-0.1, -0.05) is 42.5 Å². The Morgan fingerprint density at radius 2 is 1.38 bits per heavy atom. The van der Waals surface area contributed by atoms with Crippen molar-refractivity contribution in [3.63, 3.8) is 0 Å². The van der Waals surface area contributed by atoms with E-state index in [-0.39, 0.29) is 0 Å². The number of ether oxygens (including phenoxy) is 2. The van der Waals surface area contributed by atoms with E-state index in [1.807, 2.05) is 55.5 Å². The topological polar surface area (TPSA) is 18.5 Å². The molecule has 0 saturated heterocycles. The van der Waals surface area contributed by atoms with Crippen LogP contribution in [0.5, 0.6) is 11.5 Å². The first-order valence-electron chi connectivity index (χ1n) is 6.98. The van der Waals surface area contributed by atoms with Crippen LogP contribution in [0.25, 0.3) is 11.1 Å². The standard InChI is InChI=1S/C19H20O2/c1-3-4-5-6-15-21-19-13-9-17(10-14-19)16-7-11-18(20-2)12-8-16/h3-14H,15H2,1-2H3/b4-3+,6-5+. The van der Waals surface area contributed by atoms with E-state index in [2.05, 4.69) is 24.3 Å². The molecule has 0 spiro atoms. The Kier molecular flexibility index (Phi) is 5.65. The van der Waals surface area contributed by atoms with Crippen LogP contribution in [0.1, 0.15) is 6.92 Å². The van der Waals surface area contributed by atoms with Crippen molar-refractivity contribution < 1.29 is 9.47 Å². The zero-order valence-corrected chi connectivity index (χ0v) is 12.5. The Balaban J connectivity index is 1.97. The second kappa shape index (κ2) is 7.95. The van der Waals surface area contributed by atoms with Crippen molar-refractivity contribution >= 4 is 0 Å². The number of allylic oxidation sites excluding steroid dienone is 3. The lowest BCUT2D eigenvalue weighted by molar-refractivity contribution is 0.363. The van der Waals surface area contributed by atoms with Crippen LogP contribution in [0.4, 0.5) is 0 Å². The summed E-state index contributed by atoms with van der Waals surface area (Å²) in [6.45, 7) is 2.56. The maximum Gasteiger partial charge on any atom is 0.119 e. The summed E-state index contributed by atoms with van der Waals surface area (Å²) in [4.78, 5) is 0. The molecule has 108 valence electrons. The summed E-state index contributed by atoms with van der Waals surface area (Å²) in [5, 5.41) is 0. The van der Waals surface area contributed by atoms with Crippen LogP contribution < -0.4 is 9.47 Å². The van der Waals surface area contributed by atoms with Gasteiger partial charge in [-0.15, -0.1) is 0 Å². The summed E-state index contributed by atoms with van der Waals surface area (Å²) in [5.41, 5.74) is 2.32. The lowest BCUT2D eigenvalue weighted by Gasteiger charge is -2.06. The Morgan fingerprint density at radius 1 is 0.810 bits per heavy atom. The lowest BCUT2D eigenvalue weighted by atomic mass is 10.1. The van der Waals surface area contributed by atoms with Crippen LogP contribution in [-0.2, 0) is 0 Å². The number of rotatable bonds is 6. The SMILES string of the molecule is C/C=C/C=C/COc1ccc(-c2ccc(OC)cc2)cc1. The second-order valence-corrected chi connectivity index (χ2v) is 4.52. The van der Waals surface area contributed by atoms with Crippen LogP contribution in [0, 0.1) is 0 Å². The van der Waals surface area contributed by atoms with Crippen molar-refractivity contribution in [1.29, 1.82) is 0 Å². The van der Waals surface area contributed by atoms with Gasteiger partial charge < -0.3 is 9.47 Å². The van der Waals surface area contributed by atoms with Gasteiger partial charge in [0.1, 0.15) is 18.1 Å². The normalized spacial score (nSPS) is 11.1. The predicted molar refractivity (Wildman–Crippen MR) is 87.9 cm³/mol. The monoisotopic (exact) mass is 280 g/mol. The molecule has 2 heteroatoms. The Labute approximate surface area is 126 Å².